The first-order chi connectivity index (χ1) is 17.8. The molecule has 2 amide bonds. The van der Waals surface area contributed by atoms with Crippen molar-refractivity contribution in [3.63, 3.8) is 0 Å². The predicted octanol–water partition coefficient (Wildman–Crippen LogP) is 6.21. The molecule has 1 aliphatic rings. The Morgan fingerprint density at radius 3 is 2.46 bits per heavy atom. The molecule has 1 heterocycles. The zero-order valence-electron chi connectivity index (χ0n) is 19.4. The van der Waals surface area contributed by atoms with Crippen LogP contribution < -0.4 is 9.47 Å². The van der Waals surface area contributed by atoms with E-state index in [1.54, 1.807) is 55.5 Å². The molecule has 0 aliphatic carbocycles. The Balaban J connectivity index is 1.56. The number of non-ortho nitro benzene ring substituents is 1. The standard InChI is InChI=1S/C26H19BrN2O7S/c1-2-35-21-13-17(12-20(27)23(21)36-25(31)18-6-4-3-5-7-18)14-22-24(30)28(26(32)37-22)15-16-8-10-19(11-9-16)29(33)34/h3-14H,2,15H2,1H3/b22-14-. The molecule has 188 valence electrons. The van der Waals surface area contributed by atoms with Crippen molar-refractivity contribution in [2.24, 2.45) is 0 Å². The monoisotopic (exact) mass is 582 g/mol. The minimum atomic E-state index is -0.553. The Morgan fingerprint density at radius 1 is 1.11 bits per heavy atom. The molecular formula is C26H19BrN2O7S. The summed E-state index contributed by atoms with van der Waals surface area (Å²) in [7, 11) is 0. The number of rotatable bonds is 8. The van der Waals surface area contributed by atoms with Gasteiger partial charge in [-0.05, 0) is 76.1 Å². The molecule has 1 saturated heterocycles. The average molecular weight is 583 g/mol. The summed E-state index contributed by atoms with van der Waals surface area (Å²) in [6, 6.07) is 17.5. The molecule has 11 heteroatoms. The van der Waals surface area contributed by atoms with E-state index in [0.717, 1.165) is 16.7 Å². The molecule has 3 aromatic rings. The van der Waals surface area contributed by atoms with Crippen LogP contribution in [0.15, 0.2) is 76.1 Å². The molecule has 0 radical (unpaired) electrons. The Hall–Kier alpha value is -3.96. The summed E-state index contributed by atoms with van der Waals surface area (Å²) in [6.07, 6.45) is 1.55. The van der Waals surface area contributed by atoms with Gasteiger partial charge in [0.1, 0.15) is 0 Å². The van der Waals surface area contributed by atoms with Crippen molar-refractivity contribution in [1.82, 2.24) is 4.90 Å². The van der Waals surface area contributed by atoms with E-state index in [-0.39, 0.29) is 28.6 Å². The lowest BCUT2D eigenvalue weighted by Crippen LogP contribution is -2.27. The Labute approximate surface area is 224 Å². The number of carbonyl (C=O) groups excluding carboxylic acids is 3. The van der Waals surface area contributed by atoms with Crippen LogP contribution in [-0.2, 0) is 11.3 Å². The third-order valence-corrected chi connectivity index (χ3v) is 6.69. The highest BCUT2D eigenvalue weighted by Crippen LogP contribution is 2.40. The van der Waals surface area contributed by atoms with Crippen LogP contribution in [0.5, 0.6) is 11.5 Å². The van der Waals surface area contributed by atoms with Crippen LogP contribution in [-0.4, -0.2) is 33.5 Å². The number of esters is 1. The van der Waals surface area contributed by atoms with Gasteiger partial charge in [0.25, 0.3) is 16.8 Å². The van der Waals surface area contributed by atoms with Crippen LogP contribution in [0, 0.1) is 10.1 Å². The Morgan fingerprint density at radius 2 is 1.81 bits per heavy atom. The van der Waals surface area contributed by atoms with Gasteiger partial charge in [0.05, 0.1) is 33.0 Å². The number of nitro groups is 1. The highest BCUT2D eigenvalue weighted by atomic mass is 79.9. The molecule has 0 N–H and O–H groups in total. The normalized spacial score (nSPS) is 14.2. The molecule has 37 heavy (non-hydrogen) atoms. The number of benzene rings is 3. The number of hydrogen-bond acceptors (Lipinski definition) is 8. The lowest BCUT2D eigenvalue weighted by Gasteiger charge is -2.14. The maximum absolute atomic E-state index is 13.0. The van der Waals surface area contributed by atoms with E-state index in [0.29, 0.717) is 27.8 Å². The van der Waals surface area contributed by atoms with Gasteiger partial charge < -0.3 is 9.47 Å². The fourth-order valence-corrected chi connectivity index (χ4v) is 4.83. The van der Waals surface area contributed by atoms with Gasteiger partial charge in [-0.2, -0.15) is 0 Å². The van der Waals surface area contributed by atoms with E-state index in [1.165, 1.54) is 24.3 Å². The highest BCUT2D eigenvalue weighted by Gasteiger charge is 2.35. The molecule has 0 spiro atoms. The topological polar surface area (TPSA) is 116 Å². The van der Waals surface area contributed by atoms with Gasteiger partial charge in [-0.25, -0.2) is 4.79 Å². The molecule has 0 atom stereocenters. The predicted molar refractivity (Wildman–Crippen MR) is 141 cm³/mol. The van der Waals surface area contributed by atoms with Crippen LogP contribution in [0.3, 0.4) is 0 Å². The van der Waals surface area contributed by atoms with E-state index in [1.807, 2.05) is 0 Å². The molecule has 0 aromatic heterocycles. The van der Waals surface area contributed by atoms with Crippen molar-refractivity contribution >= 4 is 56.6 Å². The van der Waals surface area contributed by atoms with Crippen LogP contribution in [0.2, 0.25) is 0 Å². The summed E-state index contributed by atoms with van der Waals surface area (Å²) in [4.78, 5) is 49.7. The Bertz CT molecular complexity index is 1410. The van der Waals surface area contributed by atoms with Gasteiger partial charge in [0.15, 0.2) is 11.5 Å². The molecule has 1 fully saturated rings. The number of nitro benzene ring substituents is 1. The number of nitrogens with zero attached hydrogens (tertiary/aromatic N) is 2. The van der Waals surface area contributed by atoms with Gasteiger partial charge in [0.2, 0.25) is 0 Å². The zero-order chi connectivity index (χ0) is 26.5. The lowest BCUT2D eigenvalue weighted by molar-refractivity contribution is -0.384. The maximum atomic E-state index is 13.0. The van der Waals surface area contributed by atoms with E-state index in [2.05, 4.69) is 15.9 Å². The second kappa shape index (κ2) is 11.4. The van der Waals surface area contributed by atoms with E-state index >= 15 is 0 Å². The van der Waals surface area contributed by atoms with Crippen molar-refractivity contribution < 1.29 is 28.8 Å². The number of ether oxygens (including phenoxy) is 2. The van der Waals surface area contributed by atoms with Crippen molar-refractivity contribution in [3.8, 4) is 11.5 Å². The van der Waals surface area contributed by atoms with Gasteiger partial charge in [-0.3, -0.25) is 24.6 Å². The number of hydrogen-bond donors (Lipinski definition) is 0. The first-order valence-electron chi connectivity index (χ1n) is 11.0. The van der Waals surface area contributed by atoms with E-state index < -0.39 is 22.0 Å². The number of amides is 2. The van der Waals surface area contributed by atoms with E-state index in [9.17, 15) is 24.5 Å². The minimum Gasteiger partial charge on any atom is -0.490 e. The number of halogens is 1. The molecule has 4 rings (SSSR count). The number of carbonyl (C=O) groups is 3. The quantitative estimate of drug-likeness (QED) is 0.101. The molecule has 3 aromatic carbocycles. The zero-order valence-corrected chi connectivity index (χ0v) is 21.8. The van der Waals surface area contributed by atoms with Gasteiger partial charge in [-0.15, -0.1) is 0 Å². The van der Waals surface area contributed by atoms with Crippen molar-refractivity contribution in [1.29, 1.82) is 0 Å². The third-order valence-electron chi connectivity index (χ3n) is 5.20. The molecular weight excluding hydrogens is 564 g/mol. The number of imide groups is 1. The molecule has 0 bridgehead atoms. The number of thioether (sulfide) groups is 1. The second-order valence-electron chi connectivity index (χ2n) is 7.71. The van der Waals surface area contributed by atoms with Crippen LogP contribution in [0.25, 0.3) is 6.08 Å². The largest absolute Gasteiger partial charge is 0.490 e. The summed E-state index contributed by atoms with van der Waals surface area (Å²) in [5.41, 5.74) is 1.43. The minimum absolute atomic E-state index is 0.0116. The smallest absolute Gasteiger partial charge is 0.343 e. The SMILES string of the molecule is CCOc1cc(/C=C2\SC(=O)N(Cc3ccc([N+](=O)[O-])cc3)C2=O)cc(Br)c1OC(=O)c1ccccc1. The van der Waals surface area contributed by atoms with Crippen LogP contribution >= 0.6 is 27.7 Å². The fraction of sp³-hybridized carbons (Fsp3) is 0.115. The summed E-state index contributed by atoms with van der Waals surface area (Å²) < 4.78 is 11.7. The molecule has 9 nitrogen and oxygen atoms in total. The van der Waals surface area contributed by atoms with E-state index in [4.69, 9.17) is 9.47 Å². The second-order valence-corrected chi connectivity index (χ2v) is 9.56. The summed E-state index contributed by atoms with van der Waals surface area (Å²) >= 11 is 4.20. The molecule has 0 unspecified atom stereocenters. The maximum Gasteiger partial charge on any atom is 0.343 e. The third kappa shape index (κ3) is 6.07. The molecule has 1 aliphatic heterocycles. The van der Waals surface area contributed by atoms with Crippen LogP contribution in [0.4, 0.5) is 10.5 Å². The van der Waals surface area contributed by atoms with Gasteiger partial charge >= 0.3 is 5.97 Å². The summed E-state index contributed by atoms with van der Waals surface area (Å²) in [6.45, 7) is 2.08. The highest BCUT2D eigenvalue weighted by molar-refractivity contribution is 9.10. The summed E-state index contributed by atoms with van der Waals surface area (Å²) in [5.74, 6) is -0.555. The van der Waals surface area contributed by atoms with Crippen molar-refractivity contribution in [2.75, 3.05) is 6.61 Å². The first-order valence-corrected chi connectivity index (χ1v) is 12.6. The Kier molecular flexibility index (Phi) is 8.04. The average Bonchev–Trinajstić information content (AvgIpc) is 3.14. The lowest BCUT2D eigenvalue weighted by atomic mass is 10.1. The van der Waals surface area contributed by atoms with Crippen LogP contribution in [0.1, 0.15) is 28.4 Å². The van der Waals surface area contributed by atoms with Gasteiger partial charge in [-0.1, -0.05) is 30.3 Å². The first kappa shape index (κ1) is 26.1. The molecule has 0 saturated carbocycles. The van der Waals surface area contributed by atoms with Gasteiger partial charge in [0, 0.05) is 12.1 Å². The van der Waals surface area contributed by atoms with Crippen molar-refractivity contribution in [3.05, 3.63) is 103 Å². The fourth-order valence-electron chi connectivity index (χ4n) is 3.45. The summed E-state index contributed by atoms with van der Waals surface area (Å²) in [5, 5.41) is 10.4. The van der Waals surface area contributed by atoms with Crippen molar-refractivity contribution in [2.45, 2.75) is 13.5 Å².